The Morgan fingerprint density at radius 3 is 1.30 bits per heavy atom. The first-order valence-electron chi connectivity index (χ1n) is 21.7. The minimum Gasteiger partial charge on any atom is -0.568 e. The molecule has 2 aromatic heterocycles. The van der Waals surface area contributed by atoms with Crippen molar-refractivity contribution in [3.05, 3.63) is 55.9 Å². The second kappa shape index (κ2) is 26.2. The number of azo groups is 2. The summed E-state index contributed by atoms with van der Waals surface area (Å²) < 4.78 is 131. The van der Waals surface area contributed by atoms with Crippen LogP contribution >= 0.6 is 22.7 Å². The van der Waals surface area contributed by atoms with Crippen molar-refractivity contribution in [1.82, 2.24) is 20.4 Å². The molecule has 0 saturated carbocycles. The van der Waals surface area contributed by atoms with Gasteiger partial charge in [0.05, 0.1) is 11.4 Å². The Hall–Kier alpha value is -3.94. The third kappa shape index (κ3) is 16.6. The molecule has 0 unspecified atom stereocenters. The molecule has 16 nitrogen and oxygen atoms in total. The van der Waals surface area contributed by atoms with Crippen LogP contribution in [0.25, 0.3) is 9.44 Å². The van der Waals surface area contributed by atoms with E-state index in [0.717, 1.165) is 111 Å². The van der Waals surface area contributed by atoms with Crippen molar-refractivity contribution >= 4 is 87.1 Å². The van der Waals surface area contributed by atoms with E-state index in [1.807, 2.05) is 0 Å². The Morgan fingerprint density at radius 2 is 0.955 bits per heavy atom. The molecule has 0 radical (unpaired) electrons. The van der Waals surface area contributed by atoms with Gasteiger partial charge >= 0.3 is 30.5 Å². The summed E-state index contributed by atoms with van der Waals surface area (Å²) in [4.78, 5) is 4.17. The third-order valence-electron chi connectivity index (χ3n) is 10.6. The first-order valence-corrected chi connectivity index (χ1v) is 26.3. The van der Waals surface area contributed by atoms with Crippen LogP contribution in [0.15, 0.2) is 55.7 Å². The average molecular weight is 1070 g/mol. The van der Waals surface area contributed by atoms with Gasteiger partial charge in [-0.25, -0.2) is 16.8 Å². The number of benzene rings is 2. The van der Waals surface area contributed by atoms with Crippen molar-refractivity contribution in [3.63, 3.8) is 0 Å². The van der Waals surface area contributed by atoms with Crippen molar-refractivity contribution in [3.8, 4) is 0 Å². The zero-order chi connectivity index (χ0) is 47.8. The second-order valence-electron chi connectivity index (χ2n) is 15.5. The Labute approximate surface area is 407 Å². The van der Waals surface area contributed by atoms with Gasteiger partial charge in [-0.05, 0) is 61.8 Å². The predicted molar refractivity (Wildman–Crippen MR) is 245 cm³/mol. The third-order valence-corrected chi connectivity index (χ3v) is 13.7. The minimum absolute atomic E-state index is 0. The maximum atomic E-state index is 13.0. The van der Waals surface area contributed by atoms with Crippen LogP contribution in [0.2, 0.25) is 0 Å². The Kier molecular flexibility index (Phi) is 21.7. The Balaban J connectivity index is 0.000000288. The Morgan fingerprint density at radius 1 is 0.582 bits per heavy atom. The number of fused-ring (bicyclic) bond motifs is 2. The quantitative estimate of drug-likeness (QED) is 0.0315. The van der Waals surface area contributed by atoms with Gasteiger partial charge in [-0.15, -0.1) is 40.9 Å². The van der Waals surface area contributed by atoms with Gasteiger partial charge in [0.15, 0.2) is 20.0 Å². The van der Waals surface area contributed by atoms with Gasteiger partial charge < -0.3 is 19.2 Å². The SMILES string of the molecule is CCCCCCCCN1CCCc2cc(N=Nc3nncs3)c([N-]S(=O)(=O)C(F)(F)F)cc21.CCCCCCCCN1CCCc2cc(N=Nc3nncs3)c([N-]S(=O)(=O)C(F)(F)F)cc21.[Zn+2]. The molecule has 0 fully saturated rings. The van der Waals surface area contributed by atoms with E-state index in [4.69, 9.17) is 0 Å². The first kappa shape index (κ1) is 55.7. The van der Waals surface area contributed by atoms with Gasteiger partial charge in [0, 0.05) is 37.6 Å². The molecule has 27 heteroatoms. The molecular weight excluding hydrogens is 1020 g/mol. The molecule has 0 spiro atoms. The summed E-state index contributed by atoms with van der Waals surface area (Å²) in [5.41, 5.74) is -5.91. The zero-order valence-corrected chi connectivity index (χ0v) is 43.4. The fraction of sp³-hybridized carbons (Fsp3) is 0.600. The fourth-order valence-corrected chi connectivity index (χ4v) is 9.04. The maximum absolute atomic E-state index is 13.0. The number of aromatic nitrogens is 4. The predicted octanol–water partition coefficient (Wildman–Crippen LogP) is 13.8. The summed E-state index contributed by atoms with van der Waals surface area (Å²) in [5, 5.41) is 30.7. The van der Waals surface area contributed by atoms with Crippen LogP contribution < -0.4 is 9.80 Å². The number of hydrogen-bond acceptors (Lipinski definition) is 16. The van der Waals surface area contributed by atoms with E-state index in [-0.39, 0.29) is 41.1 Å². The number of nitrogens with zero attached hydrogens (tertiary/aromatic N) is 12. The van der Waals surface area contributed by atoms with Crippen LogP contribution in [0.4, 0.5) is 70.7 Å². The van der Waals surface area contributed by atoms with Gasteiger partial charge in [-0.3, -0.25) is 0 Å². The fourth-order valence-electron chi connectivity index (χ4n) is 7.28. The van der Waals surface area contributed by atoms with Crippen LogP contribution in [-0.2, 0) is 52.4 Å². The number of unbranched alkanes of at least 4 members (excludes halogenated alkanes) is 10. The van der Waals surface area contributed by atoms with Crippen LogP contribution in [0, 0.1) is 0 Å². The first-order chi connectivity index (χ1) is 31.4. The standard InChI is InChI=1S/2C20H26F3N6O2S2.Zn/c2*1-2-3-4-5-6-7-10-29-11-8-9-15-12-16(25-27-19-26-24-14-32-19)17(13-18(15)29)28-33(30,31)20(21,22)23;/h2*12-14H,2-11H2,1H3;/q2*-1;+2. The zero-order valence-electron chi connectivity index (χ0n) is 37.2. The molecule has 6 rings (SSSR count). The van der Waals surface area contributed by atoms with Crippen LogP contribution in [-0.4, -0.2) is 74.4 Å². The van der Waals surface area contributed by atoms with Gasteiger partial charge in [-0.1, -0.05) is 124 Å². The van der Waals surface area contributed by atoms with E-state index in [9.17, 15) is 43.2 Å². The molecule has 2 aromatic carbocycles. The number of halogens is 6. The summed E-state index contributed by atoms with van der Waals surface area (Å²) >= 11 is 2.18. The number of anilines is 2. The monoisotopic (exact) mass is 1070 g/mol. The van der Waals surface area contributed by atoms with E-state index in [1.54, 1.807) is 12.1 Å². The largest absolute Gasteiger partial charge is 2.00 e. The minimum atomic E-state index is -5.74. The molecule has 0 bridgehead atoms. The molecule has 0 amide bonds. The van der Waals surface area contributed by atoms with Crippen molar-refractivity contribution < 1.29 is 62.7 Å². The van der Waals surface area contributed by atoms with Crippen molar-refractivity contribution in [1.29, 1.82) is 0 Å². The molecular formula is C40H52F6N12O4S4Zn. The number of hydrogen-bond donors (Lipinski definition) is 0. The molecule has 4 heterocycles. The molecule has 0 N–H and O–H groups in total. The summed E-state index contributed by atoms with van der Waals surface area (Å²) in [5.74, 6) is 0. The van der Waals surface area contributed by atoms with E-state index in [0.29, 0.717) is 24.2 Å². The topological polar surface area (TPSA) is 204 Å². The molecule has 2 aliphatic heterocycles. The molecule has 67 heavy (non-hydrogen) atoms. The molecule has 0 saturated heterocycles. The number of aryl methyl sites for hydroxylation is 2. The normalized spacial score (nSPS) is 14.4. The summed E-state index contributed by atoms with van der Waals surface area (Å²) in [6.07, 6.45) is 16.6. The van der Waals surface area contributed by atoms with Crippen LogP contribution in [0.1, 0.15) is 115 Å². The molecule has 2 aliphatic rings. The average Bonchev–Trinajstić information content (AvgIpc) is 3.99. The van der Waals surface area contributed by atoms with Gasteiger partial charge in [0.2, 0.25) is 0 Å². The van der Waals surface area contributed by atoms with E-state index >= 15 is 0 Å². The van der Waals surface area contributed by atoms with Crippen molar-refractivity contribution in [2.24, 2.45) is 20.5 Å². The molecule has 0 atom stereocenters. The molecule has 364 valence electrons. The smallest absolute Gasteiger partial charge is 0.568 e. The number of sulfonamides is 2. The maximum Gasteiger partial charge on any atom is 2.00 e. The van der Waals surface area contributed by atoms with Crippen molar-refractivity contribution in [2.45, 2.75) is 128 Å². The van der Waals surface area contributed by atoms with Gasteiger partial charge in [-0.2, -0.15) is 26.3 Å². The summed E-state index contributed by atoms with van der Waals surface area (Å²) in [7, 11) is -11.5. The van der Waals surface area contributed by atoms with E-state index in [2.05, 4.69) is 73.9 Å². The Bertz CT molecular complexity index is 2260. The molecule has 4 aromatic rings. The number of alkyl halides is 6. The van der Waals surface area contributed by atoms with Crippen LogP contribution in [0.3, 0.4) is 0 Å². The van der Waals surface area contributed by atoms with Gasteiger partial charge in [0.1, 0.15) is 11.0 Å². The number of rotatable bonds is 22. The van der Waals surface area contributed by atoms with E-state index in [1.165, 1.54) is 61.7 Å². The summed E-state index contributed by atoms with van der Waals surface area (Å²) in [6, 6.07) is 5.89. The van der Waals surface area contributed by atoms with E-state index < -0.39 is 42.4 Å². The second-order valence-corrected chi connectivity index (χ2v) is 20.3. The van der Waals surface area contributed by atoms with Crippen molar-refractivity contribution in [2.75, 3.05) is 36.0 Å². The summed E-state index contributed by atoms with van der Waals surface area (Å²) in [6.45, 7) is 7.31. The van der Waals surface area contributed by atoms with Gasteiger partial charge in [0.25, 0.3) is 10.3 Å². The van der Waals surface area contributed by atoms with Crippen LogP contribution in [0.5, 0.6) is 0 Å². The molecule has 0 aliphatic carbocycles.